The topological polar surface area (TPSA) is 18.5 Å². The average molecular weight is 210 g/mol. The van der Waals surface area contributed by atoms with Crippen molar-refractivity contribution in [3.05, 3.63) is 0 Å². The molecular formula is C12H23BO2. The van der Waals surface area contributed by atoms with Crippen molar-refractivity contribution < 1.29 is 9.31 Å². The van der Waals surface area contributed by atoms with Gasteiger partial charge in [0.05, 0.1) is 11.2 Å². The molecule has 0 spiro atoms. The molecule has 0 amide bonds. The van der Waals surface area contributed by atoms with Gasteiger partial charge in [-0.2, -0.15) is 0 Å². The van der Waals surface area contributed by atoms with Crippen LogP contribution >= 0.6 is 0 Å². The zero-order valence-corrected chi connectivity index (χ0v) is 10.7. The second-order valence-corrected chi connectivity index (χ2v) is 6.20. The van der Waals surface area contributed by atoms with Crippen LogP contribution < -0.4 is 0 Å². The first-order valence-corrected chi connectivity index (χ1v) is 6.19. The Kier molecular flexibility index (Phi) is 2.48. The van der Waals surface area contributed by atoms with Crippen LogP contribution in [0.1, 0.15) is 60.3 Å². The van der Waals surface area contributed by atoms with Crippen molar-refractivity contribution in [2.75, 3.05) is 0 Å². The lowest BCUT2D eigenvalue weighted by Gasteiger charge is -2.32. The van der Waals surface area contributed by atoms with Gasteiger partial charge < -0.3 is 9.31 Å². The van der Waals surface area contributed by atoms with E-state index in [-0.39, 0.29) is 18.3 Å². The van der Waals surface area contributed by atoms with E-state index in [1.54, 1.807) is 0 Å². The SMILES string of the molecule is CCCC1(B2OC(C)(C)C(C)(C)O2)CC1. The highest BCUT2D eigenvalue weighted by molar-refractivity contribution is 6.51. The Hall–Kier alpha value is -0.0151. The first-order valence-electron chi connectivity index (χ1n) is 6.19. The Balaban J connectivity index is 2.09. The summed E-state index contributed by atoms with van der Waals surface area (Å²) in [6, 6.07) is 0. The van der Waals surface area contributed by atoms with Gasteiger partial charge in [0.15, 0.2) is 0 Å². The summed E-state index contributed by atoms with van der Waals surface area (Å²) in [4.78, 5) is 0. The molecule has 86 valence electrons. The third kappa shape index (κ3) is 1.74. The van der Waals surface area contributed by atoms with E-state index in [2.05, 4.69) is 34.6 Å². The third-order valence-electron chi connectivity index (χ3n) is 4.39. The van der Waals surface area contributed by atoms with Gasteiger partial charge in [-0.1, -0.05) is 13.3 Å². The van der Waals surface area contributed by atoms with Gasteiger partial charge in [0.25, 0.3) is 0 Å². The van der Waals surface area contributed by atoms with Gasteiger partial charge in [-0.25, -0.2) is 0 Å². The normalized spacial score (nSPS) is 30.6. The minimum atomic E-state index is -0.166. The van der Waals surface area contributed by atoms with Crippen molar-refractivity contribution in [1.29, 1.82) is 0 Å². The zero-order chi connectivity index (χ0) is 11.3. The van der Waals surface area contributed by atoms with Crippen LogP contribution in [0.3, 0.4) is 0 Å². The summed E-state index contributed by atoms with van der Waals surface area (Å²) in [5, 5.41) is 0.347. The highest BCUT2D eigenvalue weighted by atomic mass is 16.7. The van der Waals surface area contributed by atoms with E-state index >= 15 is 0 Å². The largest absolute Gasteiger partial charge is 0.464 e. The lowest BCUT2D eigenvalue weighted by molar-refractivity contribution is 0.00578. The molecule has 2 nitrogen and oxygen atoms in total. The molecule has 1 aliphatic heterocycles. The van der Waals surface area contributed by atoms with Crippen LogP contribution in [0, 0.1) is 0 Å². The van der Waals surface area contributed by atoms with E-state index in [1.165, 1.54) is 25.7 Å². The third-order valence-corrected chi connectivity index (χ3v) is 4.39. The van der Waals surface area contributed by atoms with Gasteiger partial charge in [0, 0.05) is 5.31 Å². The van der Waals surface area contributed by atoms with E-state index in [4.69, 9.17) is 9.31 Å². The van der Waals surface area contributed by atoms with Crippen LogP contribution in [0.2, 0.25) is 5.31 Å². The van der Waals surface area contributed by atoms with Crippen molar-refractivity contribution in [3.8, 4) is 0 Å². The zero-order valence-electron chi connectivity index (χ0n) is 10.7. The van der Waals surface area contributed by atoms with Crippen molar-refractivity contribution in [3.63, 3.8) is 0 Å². The van der Waals surface area contributed by atoms with Crippen LogP contribution in [-0.4, -0.2) is 18.3 Å². The summed E-state index contributed by atoms with van der Waals surface area (Å²) in [5.74, 6) is 0. The second-order valence-electron chi connectivity index (χ2n) is 6.20. The molecule has 1 heterocycles. The first-order chi connectivity index (χ1) is 6.83. The second kappa shape index (κ2) is 3.24. The Morgan fingerprint density at radius 2 is 1.47 bits per heavy atom. The summed E-state index contributed by atoms with van der Waals surface area (Å²) >= 11 is 0. The summed E-state index contributed by atoms with van der Waals surface area (Å²) in [5.41, 5.74) is -0.331. The van der Waals surface area contributed by atoms with Crippen molar-refractivity contribution >= 4 is 7.12 Å². The van der Waals surface area contributed by atoms with Gasteiger partial charge in [-0.3, -0.25) is 0 Å². The quantitative estimate of drug-likeness (QED) is 0.664. The van der Waals surface area contributed by atoms with Gasteiger partial charge >= 0.3 is 7.12 Å². The molecule has 0 unspecified atom stereocenters. The summed E-state index contributed by atoms with van der Waals surface area (Å²) < 4.78 is 12.2. The molecule has 15 heavy (non-hydrogen) atoms. The smallest absolute Gasteiger partial charge is 0.403 e. The number of hydrogen-bond donors (Lipinski definition) is 0. The predicted molar refractivity (Wildman–Crippen MR) is 62.9 cm³/mol. The maximum atomic E-state index is 6.12. The minimum Gasteiger partial charge on any atom is -0.403 e. The summed E-state index contributed by atoms with van der Waals surface area (Å²) in [6.45, 7) is 10.8. The van der Waals surface area contributed by atoms with Crippen LogP contribution in [0.4, 0.5) is 0 Å². The highest BCUT2D eigenvalue weighted by Crippen LogP contribution is 2.63. The fourth-order valence-electron chi connectivity index (χ4n) is 2.36. The average Bonchev–Trinajstić information content (AvgIpc) is 2.79. The Labute approximate surface area is 93.9 Å². The molecule has 0 N–H and O–H groups in total. The molecule has 0 radical (unpaired) electrons. The Bertz CT molecular complexity index is 240. The first kappa shape index (κ1) is 11.5. The molecule has 0 atom stereocenters. The van der Waals surface area contributed by atoms with Gasteiger partial charge in [0.1, 0.15) is 0 Å². The fourth-order valence-corrected chi connectivity index (χ4v) is 2.36. The maximum Gasteiger partial charge on any atom is 0.464 e. The predicted octanol–water partition coefficient (Wildman–Crippen LogP) is 3.41. The minimum absolute atomic E-state index is 0.0300. The van der Waals surface area contributed by atoms with Gasteiger partial charge in [0.2, 0.25) is 0 Å². The number of hydrogen-bond acceptors (Lipinski definition) is 2. The summed E-state index contributed by atoms with van der Waals surface area (Å²) in [7, 11) is 0.0300. The molecule has 0 aromatic carbocycles. The molecule has 0 aromatic heterocycles. The maximum absolute atomic E-state index is 6.12. The van der Waals surface area contributed by atoms with Crippen LogP contribution in [-0.2, 0) is 9.31 Å². The fraction of sp³-hybridized carbons (Fsp3) is 1.00. The van der Waals surface area contributed by atoms with Crippen molar-refractivity contribution in [2.45, 2.75) is 76.8 Å². The monoisotopic (exact) mass is 210 g/mol. The van der Waals surface area contributed by atoms with Crippen molar-refractivity contribution in [1.82, 2.24) is 0 Å². The number of rotatable bonds is 3. The Morgan fingerprint density at radius 3 is 1.80 bits per heavy atom. The van der Waals surface area contributed by atoms with E-state index in [1.807, 2.05) is 0 Å². The van der Waals surface area contributed by atoms with E-state index in [0.717, 1.165) is 0 Å². The standard InChI is InChI=1S/C12H23BO2/c1-6-7-12(8-9-12)13-14-10(2,3)11(4,5)15-13/h6-9H2,1-5H3. The van der Waals surface area contributed by atoms with E-state index < -0.39 is 0 Å². The molecule has 1 aliphatic carbocycles. The molecule has 0 bridgehead atoms. The molecular weight excluding hydrogens is 187 g/mol. The van der Waals surface area contributed by atoms with Crippen LogP contribution in [0.15, 0.2) is 0 Å². The molecule has 0 aromatic rings. The molecule has 2 fully saturated rings. The van der Waals surface area contributed by atoms with Crippen LogP contribution in [0.25, 0.3) is 0 Å². The Morgan fingerprint density at radius 1 is 1.00 bits per heavy atom. The van der Waals surface area contributed by atoms with E-state index in [0.29, 0.717) is 5.31 Å². The molecule has 1 saturated heterocycles. The highest BCUT2D eigenvalue weighted by Gasteiger charge is 2.63. The molecule has 2 rings (SSSR count). The van der Waals surface area contributed by atoms with E-state index in [9.17, 15) is 0 Å². The van der Waals surface area contributed by atoms with Gasteiger partial charge in [-0.15, -0.1) is 0 Å². The molecule has 2 aliphatic rings. The van der Waals surface area contributed by atoms with Crippen LogP contribution in [0.5, 0.6) is 0 Å². The van der Waals surface area contributed by atoms with Crippen molar-refractivity contribution in [2.24, 2.45) is 0 Å². The van der Waals surface area contributed by atoms with Gasteiger partial charge in [-0.05, 0) is 47.0 Å². The lowest BCUT2D eigenvalue weighted by atomic mass is 9.66. The summed E-state index contributed by atoms with van der Waals surface area (Å²) in [6.07, 6.45) is 5.02. The molecule has 1 saturated carbocycles. The molecule has 3 heteroatoms. The lowest BCUT2D eigenvalue weighted by Crippen LogP contribution is -2.41.